The van der Waals surface area contributed by atoms with Crippen LogP contribution >= 0.6 is 0 Å². The summed E-state index contributed by atoms with van der Waals surface area (Å²) in [5.41, 5.74) is 2.74. The van der Waals surface area contributed by atoms with Gasteiger partial charge in [0.2, 0.25) is 21.8 Å². The molecule has 186 valence electrons. The van der Waals surface area contributed by atoms with Crippen LogP contribution in [0.2, 0.25) is 0 Å². The lowest BCUT2D eigenvalue weighted by molar-refractivity contribution is -0.141. The van der Waals surface area contributed by atoms with Crippen LogP contribution in [0.4, 0.5) is 5.69 Å². The highest BCUT2D eigenvalue weighted by Crippen LogP contribution is 2.21. The third-order valence-electron chi connectivity index (χ3n) is 5.29. The average molecular weight is 488 g/mol. The topological polar surface area (TPSA) is 86.8 Å². The van der Waals surface area contributed by atoms with E-state index in [1.807, 2.05) is 71.9 Å². The van der Waals surface area contributed by atoms with E-state index in [9.17, 15) is 18.0 Å². The first-order valence-electron chi connectivity index (χ1n) is 11.4. The highest BCUT2D eigenvalue weighted by molar-refractivity contribution is 7.92. The summed E-state index contributed by atoms with van der Waals surface area (Å²) in [5, 5.41) is 2.96. The van der Waals surface area contributed by atoms with Gasteiger partial charge < -0.3 is 10.2 Å². The molecule has 0 aromatic heterocycles. The van der Waals surface area contributed by atoms with Crippen LogP contribution in [0, 0.1) is 13.8 Å². The molecule has 8 heteroatoms. The van der Waals surface area contributed by atoms with Crippen LogP contribution in [0.1, 0.15) is 50.8 Å². The SMILES string of the molecule is CCC(C(=O)NC(C)(C)C)N(Cc1cccc(C)c1)C(=O)CN(c1cccc(C)c1)S(C)(=O)=O. The third-order valence-corrected chi connectivity index (χ3v) is 6.43. The highest BCUT2D eigenvalue weighted by Gasteiger charge is 2.33. The van der Waals surface area contributed by atoms with Gasteiger partial charge in [-0.15, -0.1) is 0 Å². The van der Waals surface area contributed by atoms with Gasteiger partial charge in [-0.1, -0.05) is 48.9 Å². The Labute approximate surface area is 204 Å². The third kappa shape index (κ3) is 7.87. The average Bonchev–Trinajstić information content (AvgIpc) is 2.69. The molecule has 0 saturated carbocycles. The van der Waals surface area contributed by atoms with Gasteiger partial charge in [-0.25, -0.2) is 8.42 Å². The number of carbonyl (C=O) groups excluding carboxylic acids is 2. The molecular formula is C26H37N3O4S. The number of rotatable bonds is 9. The predicted octanol–water partition coefficient (Wildman–Crippen LogP) is 3.79. The second kappa shape index (κ2) is 11.0. The maximum Gasteiger partial charge on any atom is 0.244 e. The van der Waals surface area contributed by atoms with E-state index in [0.29, 0.717) is 12.1 Å². The van der Waals surface area contributed by atoms with Crippen LogP contribution in [-0.2, 0) is 26.2 Å². The monoisotopic (exact) mass is 487 g/mol. The van der Waals surface area contributed by atoms with E-state index in [1.54, 1.807) is 18.2 Å². The number of carbonyl (C=O) groups is 2. The number of aryl methyl sites for hydroxylation is 2. The number of hydrogen-bond donors (Lipinski definition) is 1. The number of nitrogens with one attached hydrogen (secondary N) is 1. The molecule has 2 amide bonds. The van der Waals surface area contributed by atoms with Gasteiger partial charge in [-0.3, -0.25) is 13.9 Å². The molecule has 7 nitrogen and oxygen atoms in total. The molecule has 2 aromatic rings. The van der Waals surface area contributed by atoms with Crippen molar-refractivity contribution >= 4 is 27.5 Å². The fourth-order valence-corrected chi connectivity index (χ4v) is 4.62. The van der Waals surface area contributed by atoms with E-state index in [0.717, 1.165) is 27.3 Å². The first-order chi connectivity index (χ1) is 15.7. The minimum Gasteiger partial charge on any atom is -0.350 e. The van der Waals surface area contributed by atoms with Gasteiger partial charge >= 0.3 is 0 Å². The Kier molecular flexibility index (Phi) is 8.89. The highest BCUT2D eigenvalue weighted by atomic mass is 32.2. The summed E-state index contributed by atoms with van der Waals surface area (Å²) in [7, 11) is -3.74. The number of amides is 2. The zero-order valence-electron chi connectivity index (χ0n) is 21.3. The lowest BCUT2D eigenvalue weighted by Crippen LogP contribution is -2.55. The summed E-state index contributed by atoms with van der Waals surface area (Å²) in [6.45, 7) is 11.1. The van der Waals surface area contributed by atoms with Crippen molar-refractivity contribution < 1.29 is 18.0 Å². The summed E-state index contributed by atoms with van der Waals surface area (Å²) in [5.74, 6) is -0.707. The Morgan fingerprint density at radius 2 is 1.59 bits per heavy atom. The molecule has 0 aliphatic carbocycles. The van der Waals surface area contributed by atoms with Gasteiger partial charge in [0.1, 0.15) is 12.6 Å². The zero-order chi connectivity index (χ0) is 25.7. The number of anilines is 1. The van der Waals surface area contributed by atoms with Crippen molar-refractivity contribution in [3.05, 3.63) is 65.2 Å². The van der Waals surface area contributed by atoms with E-state index in [2.05, 4.69) is 5.32 Å². The Bertz CT molecular complexity index is 1120. The van der Waals surface area contributed by atoms with Gasteiger partial charge in [0.15, 0.2) is 0 Å². The number of sulfonamides is 1. The standard InChI is InChI=1S/C26H37N3O4S/c1-8-23(25(31)27-26(4,5)6)28(17-21-13-9-11-19(2)15-21)24(30)18-29(34(7,32)33)22-14-10-12-20(3)16-22/h9-16,23H,8,17-18H2,1-7H3,(H,27,31). The van der Waals surface area contributed by atoms with Crippen LogP contribution in [0.3, 0.4) is 0 Å². The second-order valence-corrected chi connectivity index (χ2v) is 11.7. The van der Waals surface area contributed by atoms with Crippen LogP contribution in [0.5, 0.6) is 0 Å². The van der Waals surface area contributed by atoms with Crippen LogP contribution in [-0.4, -0.2) is 49.5 Å². The molecule has 0 spiro atoms. The van der Waals surface area contributed by atoms with Crippen molar-refractivity contribution in [1.29, 1.82) is 0 Å². The number of nitrogens with zero attached hydrogens (tertiary/aromatic N) is 2. The molecule has 0 aliphatic heterocycles. The van der Waals surface area contributed by atoms with E-state index in [1.165, 1.54) is 4.90 Å². The van der Waals surface area contributed by atoms with Crippen molar-refractivity contribution in [2.45, 2.75) is 66.1 Å². The fraction of sp³-hybridized carbons (Fsp3) is 0.462. The smallest absolute Gasteiger partial charge is 0.244 e. The first kappa shape index (κ1) is 27.4. The molecule has 34 heavy (non-hydrogen) atoms. The molecule has 0 radical (unpaired) electrons. The summed E-state index contributed by atoms with van der Waals surface area (Å²) >= 11 is 0. The van der Waals surface area contributed by atoms with Crippen molar-refractivity contribution in [1.82, 2.24) is 10.2 Å². The van der Waals surface area contributed by atoms with Gasteiger partial charge in [0.25, 0.3) is 0 Å². The molecule has 0 heterocycles. The molecule has 2 aromatic carbocycles. The maximum atomic E-state index is 13.7. The minimum absolute atomic E-state index is 0.196. The minimum atomic E-state index is -3.74. The molecule has 0 bridgehead atoms. The van der Waals surface area contributed by atoms with Gasteiger partial charge in [0, 0.05) is 12.1 Å². The lowest BCUT2D eigenvalue weighted by Gasteiger charge is -2.34. The van der Waals surface area contributed by atoms with Crippen LogP contribution in [0.25, 0.3) is 0 Å². The normalized spacial score (nSPS) is 12.7. The Morgan fingerprint density at radius 1 is 1.00 bits per heavy atom. The molecule has 0 aliphatic rings. The van der Waals surface area contributed by atoms with Gasteiger partial charge in [-0.2, -0.15) is 0 Å². The Balaban J connectivity index is 2.46. The van der Waals surface area contributed by atoms with E-state index in [-0.39, 0.29) is 12.5 Å². The zero-order valence-corrected chi connectivity index (χ0v) is 22.1. The van der Waals surface area contributed by atoms with E-state index in [4.69, 9.17) is 0 Å². The molecule has 0 fully saturated rings. The maximum absolute atomic E-state index is 13.7. The van der Waals surface area contributed by atoms with Crippen molar-refractivity contribution in [2.24, 2.45) is 0 Å². The largest absolute Gasteiger partial charge is 0.350 e. The predicted molar refractivity (Wildman–Crippen MR) is 137 cm³/mol. The quantitative estimate of drug-likeness (QED) is 0.583. The summed E-state index contributed by atoms with van der Waals surface area (Å²) in [6, 6.07) is 14.0. The summed E-state index contributed by atoms with van der Waals surface area (Å²) in [4.78, 5) is 28.3. The molecule has 2 rings (SSSR count). The Morgan fingerprint density at radius 3 is 2.09 bits per heavy atom. The number of benzene rings is 2. The summed E-state index contributed by atoms with van der Waals surface area (Å²) < 4.78 is 26.4. The second-order valence-electron chi connectivity index (χ2n) is 9.78. The van der Waals surface area contributed by atoms with Crippen molar-refractivity contribution in [3.8, 4) is 0 Å². The molecule has 1 N–H and O–H groups in total. The van der Waals surface area contributed by atoms with Crippen LogP contribution < -0.4 is 9.62 Å². The molecule has 0 saturated heterocycles. The summed E-state index contributed by atoms with van der Waals surface area (Å²) in [6.07, 6.45) is 1.47. The Hall–Kier alpha value is -2.87. The van der Waals surface area contributed by atoms with Crippen molar-refractivity contribution in [2.75, 3.05) is 17.1 Å². The van der Waals surface area contributed by atoms with Gasteiger partial charge in [0.05, 0.1) is 11.9 Å². The van der Waals surface area contributed by atoms with E-state index < -0.39 is 34.1 Å². The number of hydrogen-bond acceptors (Lipinski definition) is 4. The molecule has 1 atom stereocenters. The lowest BCUT2D eigenvalue weighted by atomic mass is 10.0. The molecule has 1 unspecified atom stereocenters. The fourth-order valence-electron chi connectivity index (χ4n) is 3.78. The van der Waals surface area contributed by atoms with Gasteiger partial charge in [-0.05, 0) is 64.3 Å². The molecular weight excluding hydrogens is 450 g/mol. The first-order valence-corrected chi connectivity index (χ1v) is 13.3. The van der Waals surface area contributed by atoms with E-state index >= 15 is 0 Å². The van der Waals surface area contributed by atoms with Crippen LogP contribution in [0.15, 0.2) is 48.5 Å². The van der Waals surface area contributed by atoms with Crippen molar-refractivity contribution in [3.63, 3.8) is 0 Å².